The van der Waals surface area contributed by atoms with Crippen molar-refractivity contribution < 1.29 is 9.59 Å². The fourth-order valence-electron chi connectivity index (χ4n) is 3.39. The Bertz CT molecular complexity index is 785. The van der Waals surface area contributed by atoms with Crippen LogP contribution >= 0.6 is 11.3 Å². The third-order valence-corrected chi connectivity index (χ3v) is 6.09. The van der Waals surface area contributed by atoms with Crippen LogP contribution in [0.4, 0.5) is 5.13 Å². The number of amides is 2. The molecule has 1 aromatic heterocycles. The summed E-state index contributed by atoms with van der Waals surface area (Å²) in [7, 11) is 1.80. The summed E-state index contributed by atoms with van der Waals surface area (Å²) < 4.78 is 0. The SMILES string of the molecule is Cc1csc(N2CCC(C(=O)NCCC(=O)N(C)Cc3ccccc3)CC2)n1. The fraction of sp³-hybridized carbons (Fsp3) is 0.476. The van der Waals surface area contributed by atoms with Gasteiger partial charge in [-0.1, -0.05) is 30.3 Å². The molecule has 1 N–H and O–H groups in total. The van der Waals surface area contributed by atoms with E-state index in [4.69, 9.17) is 0 Å². The number of carbonyl (C=O) groups is 2. The highest BCUT2D eigenvalue weighted by molar-refractivity contribution is 7.13. The van der Waals surface area contributed by atoms with Crippen molar-refractivity contribution >= 4 is 28.3 Å². The number of hydrogen-bond acceptors (Lipinski definition) is 5. The molecular formula is C21H28N4O2S. The number of rotatable bonds is 7. The Morgan fingerprint density at radius 3 is 2.61 bits per heavy atom. The van der Waals surface area contributed by atoms with Crippen molar-refractivity contribution in [1.29, 1.82) is 0 Å². The van der Waals surface area contributed by atoms with Crippen LogP contribution in [0.15, 0.2) is 35.7 Å². The summed E-state index contributed by atoms with van der Waals surface area (Å²) in [5.74, 6) is 0.126. The van der Waals surface area contributed by atoms with Gasteiger partial charge in [0.2, 0.25) is 11.8 Å². The van der Waals surface area contributed by atoms with Crippen LogP contribution in [0.5, 0.6) is 0 Å². The molecule has 1 aliphatic rings. The molecule has 2 heterocycles. The number of thiazole rings is 1. The van der Waals surface area contributed by atoms with Crippen LogP contribution in [0.25, 0.3) is 0 Å². The van der Waals surface area contributed by atoms with Gasteiger partial charge in [-0.05, 0) is 25.3 Å². The average Bonchev–Trinajstić information content (AvgIpc) is 3.15. The normalized spacial score (nSPS) is 14.7. The summed E-state index contributed by atoms with van der Waals surface area (Å²) in [5, 5.41) is 6.04. The second kappa shape index (κ2) is 9.68. The molecule has 0 unspecified atom stereocenters. The summed E-state index contributed by atoms with van der Waals surface area (Å²) in [6.07, 6.45) is 1.98. The number of benzene rings is 1. The minimum absolute atomic E-state index is 0.0226. The van der Waals surface area contributed by atoms with Crippen molar-refractivity contribution in [1.82, 2.24) is 15.2 Å². The molecule has 0 spiro atoms. The van der Waals surface area contributed by atoms with Crippen LogP contribution in [0, 0.1) is 12.8 Å². The zero-order chi connectivity index (χ0) is 19.9. The molecule has 1 saturated heterocycles. The molecule has 150 valence electrons. The van der Waals surface area contributed by atoms with Gasteiger partial charge < -0.3 is 15.1 Å². The van der Waals surface area contributed by atoms with Crippen LogP contribution in [0.1, 0.15) is 30.5 Å². The topological polar surface area (TPSA) is 65.5 Å². The van der Waals surface area contributed by atoms with Gasteiger partial charge in [0.05, 0.1) is 5.69 Å². The van der Waals surface area contributed by atoms with Gasteiger partial charge in [-0.25, -0.2) is 4.98 Å². The lowest BCUT2D eigenvalue weighted by Crippen LogP contribution is -2.41. The summed E-state index contributed by atoms with van der Waals surface area (Å²) in [4.78, 5) is 33.2. The van der Waals surface area contributed by atoms with Crippen molar-refractivity contribution in [2.45, 2.75) is 32.7 Å². The Kier molecular flexibility index (Phi) is 7.03. The van der Waals surface area contributed by atoms with E-state index < -0.39 is 0 Å². The Balaban J connectivity index is 1.36. The van der Waals surface area contributed by atoms with Gasteiger partial charge >= 0.3 is 0 Å². The standard InChI is InChI=1S/C21H28N4O2S/c1-16-15-28-21(23-16)25-12-9-18(10-13-25)20(27)22-11-8-19(26)24(2)14-17-6-4-3-5-7-17/h3-7,15,18H,8-14H2,1-2H3,(H,22,27). The van der Waals surface area contributed by atoms with E-state index in [1.54, 1.807) is 23.3 Å². The van der Waals surface area contributed by atoms with E-state index in [0.29, 0.717) is 19.5 Å². The molecule has 6 nitrogen and oxygen atoms in total. The van der Waals surface area contributed by atoms with E-state index in [2.05, 4.69) is 20.6 Å². The Morgan fingerprint density at radius 1 is 1.25 bits per heavy atom. The largest absolute Gasteiger partial charge is 0.355 e. The van der Waals surface area contributed by atoms with Gasteiger partial charge in [0.15, 0.2) is 5.13 Å². The summed E-state index contributed by atoms with van der Waals surface area (Å²) in [6.45, 7) is 4.68. The molecule has 28 heavy (non-hydrogen) atoms. The van der Waals surface area contributed by atoms with Gasteiger partial charge in [0.1, 0.15) is 0 Å². The van der Waals surface area contributed by atoms with E-state index >= 15 is 0 Å². The molecule has 0 saturated carbocycles. The highest BCUT2D eigenvalue weighted by Gasteiger charge is 2.26. The zero-order valence-corrected chi connectivity index (χ0v) is 17.4. The Labute approximate surface area is 170 Å². The molecule has 3 rings (SSSR count). The number of anilines is 1. The molecule has 1 aromatic carbocycles. The number of carbonyl (C=O) groups excluding carboxylic acids is 2. The quantitative estimate of drug-likeness (QED) is 0.776. The molecule has 1 aliphatic heterocycles. The van der Waals surface area contributed by atoms with E-state index in [0.717, 1.165) is 42.3 Å². The fourth-order valence-corrected chi connectivity index (χ4v) is 4.25. The Morgan fingerprint density at radius 2 is 1.96 bits per heavy atom. The third kappa shape index (κ3) is 5.55. The van der Waals surface area contributed by atoms with Crippen molar-refractivity contribution in [3.8, 4) is 0 Å². The van der Waals surface area contributed by atoms with Gasteiger partial charge in [0.25, 0.3) is 0 Å². The van der Waals surface area contributed by atoms with Crippen molar-refractivity contribution in [3.05, 3.63) is 47.0 Å². The highest BCUT2D eigenvalue weighted by Crippen LogP contribution is 2.26. The molecule has 0 bridgehead atoms. The van der Waals surface area contributed by atoms with Gasteiger partial charge in [-0.2, -0.15) is 0 Å². The van der Waals surface area contributed by atoms with Crippen LogP contribution in [0.2, 0.25) is 0 Å². The predicted octanol–water partition coefficient (Wildman–Crippen LogP) is 2.83. The second-order valence-corrected chi connectivity index (χ2v) is 8.15. The van der Waals surface area contributed by atoms with E-state index in [9.17, 15) is 9.59 Å². The molecule has 7 heteroatoms. The third-order valence-electron chi connectivity index (χ3n) is 5.07. The number of nitrogens with zero attached hydrogens (tertiary/aromatic N) is 3. The van der Waals surface area contributed by atoms with Crippen LogP contribution in [-0.4, -0.2) is 48.4 Å². The lowest BCUT2D eigenvalue weighted by Gasteiger charge is -2.31. The number of piperidine rings is 1. The lowest BCUT2D eigenvalue weighted by atomic mass is 9.96. The first-order valence-electron chi connectivity index (χ1n) is 9.75. The summed E-state index contributed by atoms with van der Waals surface area (Å²) in [6, 6.07) is 9.91. The number of hydrogen-bond donors (Lipinski definition) is 1. The first-order chi connectivity index (χ1) is 13.5. The Hall–Kier alpha value is -2.41. The maximum absolute atomic E-state index is 12.4. The van der Waals surface area contributed by atoms with Crippen molar-refractivity contribution in [3.63, 3.8) is 0 Å². The summed E-state index contributed by atoms with van der Waals surface area (Å²) in [5.41, 5.74) is 2.14. The first kappa shape index (κ1) is 20.3. The predicted molar refractivity (Wildman–Crippen MR) is 112 cm³/mol. The number of aromatic nitrogens is 1. The highest BCUT2D eigenvalue weighted by atomic mass is 32.1. The lowest BCUT2D eigenvalue weighted by molar-refractivity contribution is -0.130. The van der Waals surface area contributed by atoms with E-state index in [1.807, 2.05) is 37.3 Å². The molecule has 0 radical (unpaired) electrons. The molecule has 0 aliphatic carbocycles. The maximum Gasteiger partial charge on any atom is 0.224 e. The van der Waals surface area contributed by atoms with Crippen LogP contribution in [0.3, 0.4) is 0 Å². The molecule has 2 amide bonds. The first-order valence-corrected chi connectivity index (χ1v) is 10.6. The van der Waals surface area contributed by atoms with E-state index in [-0.39, 0.29) is 17.7 Å². The molecular weight excluding hydrogens is 372 g/mol. The van der Waals surface area contributed by atoms with Crippen molar-refractivity contribution in [2.24, 2.45) is 5.92 Å². The smallest absolute Gasteiger partial charge is 0.224 e. The van der Waals surface area contributed by atoms with Gasteiger partial charge in [0, 0.05) is 50.9 Å². The molecule has 0 atom stereocenters. The maximum atomic E-state index is 12.4. The zero-order valence-electron chi connectivity index (χ0n) is 16.6. The average molecular weight is 401 g/mol. The minimum atomic E-state index is 0.0226. The van der Waals surface area contributed by atoms with Crippen molar-refractivity contribution in [2.75, 3.05) is 31.6 Å². The number of nitrogens with one attached hydrogen (secondary N) is 1. The van der Waals surface area contributed by atoms with Crippen LogP contribution in [-0.2, 0) is 16.1 Å². The second-order valence-electron chi connectivity index (χ2n) is 7.31. The van der Waals surface area contributed by atoms with Gasteiger partial charge in [-0.15, -0.1) is 11.3 Å². The van der Waals surface area contributed by atoms with Crippen LogP contribution < -0.4 is 10.2 Å². The summed E-state index contributed by atoms with van der Waals surface area (Å²) >= 11 is 1.66. The van der Waals surface area contributed by atoms with E-state index in [1.165, 1.54) is 0 Å². The minimum Gasteiger partial charge on any atom is -0.355 e. The molecule has 2 aromatic rings. The molecule has 1 fully saturated rings. The monoisotopic (exact) mass is 400 g/mol. The van der Waals surface area contributed by atoms with Gasteiger partial charge in [-0.3, -0.25) is 9.59 Å². The number of aryl methyl sites for hydroxylation is 1.